The van der Waals surface area contributed by atoms with Crippen molar-refractivity contribution in [1.29, 1.82) is 0 Å². The summed E-state index contributed by atoms with van der Waals surface area (Å²) < 4.78 is 0. The summed E-state index contributed by atoms with van der Waals surface area (Å²) in [6, 6.07) is 22.3. The van der Waals surface area contributed by atoms with Gasteiger partial charge in [-0.1, -0.05) is 50.6 Å². The third kappa shape index (κ3) is 7.14. The number of carbonyl (C=O) groups excluding carboxylic acids is 2. The van der Waals surface area contributed by atoms with Crippen molar-refractivity contribution in [2.45, 2.75) is 37.5 Å². The molecule has 3 rings (SSSR count). The number of nitrogens with one attached hydrogen (secondary N) is 2. The number of halogens is 1. The lowest BCUT2D eigenvalue weighted by atomic mass is 9.87. The fraction of sp³-hybridized carbons (Fsp3) is 0.231. The molecule has 6 heteroatoms. The van der Waals surface area contributed by atoms with E-state index >= 15 is 0 Å². The van der Waals surface area contributed by atoms with Crippen molar-refractivity contribution < 1.29 is 9.59 Å². The Hall–Kier alpha value is -2.76. The number of thioether (sulfide) groups is 1. The van der Waals surface area contributed by atoms with Crippen LogP contribution in [-0.4, -0.2) is 17.6 Å². The highest BCUT2D eigenvalue weighted by molar-refractivity contribution is 7.99. The maximum absolute atomic E-state index is 12.6. The summed E-state index contributed by atoms with van der Waals surface area (Å²) in [6.45, 7) is 6.41. The second-order valence-electron chi connectivity index (χ2n) is 8.46. The molecule has 0 unspecified atom stereocenters. The molecule has 0 fully saturated rings. The van der Waals surface area contributed by atoms with E-state index in [9.17, 15) is 9.59 Å². The molecule has 0 aliphatic rings. The number of hydrogen-bond acceptors (Lipinski definition) is 3. The standard InChI is InChI=1S/C26H27ClN2O2S/c1-26(2,3)19-9-7-18(8-10-19)25(31)29-22-6-4-5-21(17-22)28-24(30)15-16-32-23-13-11-20(27)12-14-23/h4-14,17H,15-16H2,1-3H3,(H,28,30)(H,29,31). The van der Waals surface area contributed by atoms with Gasteiger partial charge in [-0.3, -0.25) is 9.59 Å². The highest BCUT2D eigenvalue weighted by Gasteiger charge is 2.14. The summed E-state index contributed by atoms with van der Waals surface area (Å²) in [5.41, 5.74) is 3.07. The number of amides is 2. The molecule has 2 amide bonds. The summed E-state index contributed by atoms with van der Waals surface area (Å²) >= 11 is 7.49. The average Bonchev–Trinajstić information content (AvgIpc) is 2.75. The first-order valence-corrected chi connectivity index (χ1v) is 11.8. The van der Waals surface area contributed by atoms with E-state index < -0.39 is 0 Å². The number of carbonyl (C=O) groups is 2. The number of benzene rings is 3. The van der Waals surface area contributed by atoms with Gasteiger partial charge in [-0.2, -0.15) is 0 Å². The zero-order chi connectivity index (χ0) is 23.1. The molecule has 3 aromatic carbocycles. The van der Waals surface area contributed by atoms with E-state index in [0.29, 0.717) is 34.1 Å². The van der Waals surface area contributed by atoms with Gasteiger partial charge in [-0.25, -0.2) is 0 Å². The second kappa shape index (κ2) is 10.7. The summed E-state index contributed by atoms with van der Waals surface area (Å²) in [7, 11) is 0. The minimum atomic E-state index is -0.187. The smallest absolute Gasteiger partial charge is 0.255 e. The van der Waals surface area contributed by atoms with Gasteiger partial charge in [-0.15, -0.1) is 11.8 Å². The Morgan fingerprint density at radius 2 is 1.50 bits per heavy atom. The van der Waals surface area contributed by atoms with Crippen LogP contribution in [0, 0.1) is 0 Å². The van der Waals surface area contributed by atoms with Crippen LogP contribution in [0.5, 0.6) is 0 Å². The molecule has 32 heavy (non-hydrogen) atoms. The fourth-order valence-corrected chi connectivity index (χ4v) is 3.99. The lowest BCUT2D eigenvalue weighted by Gasteiger charge is -2.19. The van der Waals surface area contributed by atoms with Crippen LogP contribution in [0.3, 0.4) is 0 Å². The summed E-state index contributed by atoms with van der Waals surface area (Å²) in [5, 5.41) is 6.48. The predicted octanol–water partition coefficient (Wildman–Crippen LogP) is 7.01. The van der Waals surface area contributed by atoms with E-state index in [2.05, 4.69) is 31.4 Å². The Bertz CT molecular complexity index is 1070. The molecule has 166 valence electrons. The number of anilines is 2. The van der Waals surface area contributed by atoms with Crippen molar-refractivity contribution in [2.75, 3.05) is 16.4 Å². The van der Waals surface area contributed by atoms with E-state index in [4.69, 9.17) is 11.6 Å². The summed E-state index contributed by atoms with van der Waals surface area (Å²) in [6.07, 6.45) is 0.379. The third-order valence-electron chi connectivity index (χ3n) is 4.83. The Kier molecular flexibility index (Phi) is 7.99. The molecule has 3 aromatic rings. The molecule has 2 N–H and O–H groups in total. The Labute approximate surface area is 198 Å². The van der Waals surface area contributed by atoms with E-state index in [0.717, 1.165) is 4.90 Å². The quantitative estimate of drug-likeness (QED) is 0.368. The van der Waals surface area contributed by atoms with Crippen LogP contribution in [-0.2, 0) is 10.2 Å². The van der Waals surface area contributed by atoms with Gasteiger partial charge in [0.25, 0.3) is 5.91 Å². The second-order valence-corrected chi connectivity index (χ2v) is 10.1. The van der Waals surface area contributed by atoms with Gasteiger partial charge in [-0.05, 0) is 65.6 Å². The van der Waals surface area contributed by atoms with Crippen molar-refractivity contribution in [2.24, 2.45) is 0 Å². The van der Waals surface area contributed by atoms with Crippen LogP contribution < -0.4 is 10.6 Å². The zero-order valence-corrected chi connectivity index (χ0v) is 20.0. The first-order valence-electron chi connectivity index (χ1n) is 10.4. The molecule has 0 aromatic heterocycles. The van der Waals surface area contributed by atoms with E-state index in [1.54, 1.807) is 36.0 Å². The zero-order valence-electron chi connectivity index (χ0n) is 18.4. The van der Waals surface area contributed by atoms with Crippen molar-refractivity contribution in [3.63, 3.8) is 0 Å². The molecule has 0 atom stereocenters. The molecule has 4 nitrogen and oxygen atoms in total. The maximum Gasteiger partial charge on any atom is 0.255 e. The van der Waals surface area contributed by atoms with E-state index in [1.165, 1.54) is 5.56 Å². The molecule has 0 radical (unpaired) electrons. The van der Waals surface area contributed by atoms with Gasteiger partial charge >= 0.3 is 0 Å². The highest BCUT2D eigenvalue weighted by Crippen LogP contribution is 2.23. The lowest BCUT2D eigenvalue weighted by Crippen LogP contribution is -2.15. The van der Waals surface area contributed by atoms with Crippen LogP contribution >= 0.6 is 23.4 Å². The molecular weight excluding hydrogens is 440 g/mol. The van der Waals surface area contributed by atoms with Gasteiger partial charge in [0.05, 0.1) is 0 Å². The maximum atomic E-state index is 12.6. The van der Waals surface area contributed by atoms with Gasteiger partial charge < -0.3 is 10.6 Å². The number of rotatable bonds is 7. The van der Waals surface area contributed by atoms with Gasteiger partial charge in [0.15, 0.2) is 0 Å². The Morgan fingerprint density at radius 3 is 2.12 bits per heavy atom. The largest absolute Gasteiger partial charge is 0.326 e. The summed E-state index contributed by atoms with van der Waals surface area (Å²) in [5.74, 6) is 0.398. The van der Waals surface area contributed by atoms with E-state index in [-0.39, 0.29) is 17.2 Å². The van der Waals surface area contributed by atoms with Crippen LogP contribution in [0.4, 0.5) is 11.4 Å². The topological polar surface area (TPSA) is 58.2 Å². The highest BCUT2D eigenvalue weighted by atomic mass is 35.5. The molecule has 0 bridgehead atoms. The first kappa shape index (κ1) is 23.9. The molecule has 0 aliphatic heterocycles. The average molecular weight is 467 g/mol. The van der Waals surface area contributed by atoms with E-state index in [1.807, 2.05) is 48.5 Å². The molecule has 0 spiro atoms. The van der Waals surface area contributed by atoms with Crippen LogP contribution in [0.25, 0.3) is 0 Å². The van der Waals surface area contributed by atoms with Gasteiger partial charge in [0.1, 0.15) is 0 Å². The fourth-order valence-electron chi connectivity index (χ4n) is 3.02. The van der Waals surface area contributed by atoms with Crippen molar-refractivity contribution in [3.05, 3.63) is 88.9 Å². The van der Waals surface area contributed by atoms with Gasteiger partial charge in [0.2, 0.25) is 5.91 Å². The normalized spacial score (nSPS) is 11.1. The van der Waals surface area contributed by atoms with Gasteiger partial charge in [0, 0.05) is 39.0 Å². The minimum absolute atomic E-state index is 0.0366. The van der Waals surface area contributed by atoms with Crippen LogP contribution in [0.1, 0.15) is 43.1 Å². The monoisotopic (exact) mass is 466 g/mol. The molecular formula is C26H27ClN2O2S. The molecule has 0 heterocycles. The van der Waals surface area contributed by atoms with Crippen LogP contribution in [0.15, 0.2) is 77.7 Å². The molecule has 0 aliphatic carbocycles. The third-order valence-corrected chi connectivity index (χ3v) is 6.09. The van der Waals surface area contributed by atoms with Crippen molar-refractivity contribution in [1.82, 2.24) is 0 Å². The lowest BCUT2D eigenvalue weighted by molar-refractivity contribution is -0.115. The Balaban J connectivity index is 1.52. The van der Waals surface area contributed by atoms with Crippen molar-refractivity contribution in [3.8, 4) is 0 Å². The Morgan fingerprint density at radius 1 is 0.875 bits per heavy atom. The summed E-state index contributed by atoms with van der Waals surface area (Å²) in [4.78, 5) is 26.0. The predicted molar refractivity (Wildman–Crippen MR) is 135 cm³/mol. The molecule has 0 saturated heterocycles. The minimum Gasteiger partial charge on any atom is -0.326 e. The first-order chi connectivity index (χ1) is 15.2. The van der Waals surface area contributed by atoms with Crippen molar-refractivity contribution >= 4 is 46.6 Å². The molecule has 0 saturated carbocycles. The van der Waals surface area contributed by atoms with Crippen LogP contribution in [0.2, 0.25) is 5.02 Å². The SMILES string of the molecule is CC(C)(C)c1ccc(C(=O)Nc2cccc(NC(=O)CCSc3ccc(Cl)cc3)c2)cc1. The number of hydrogen-bond donors (Lipinski definition) is 2.